The lowest BCUT2D eigenvalue weighted by atomic mass is 10.1. The van der Waals surface area contributed by atoms with E-state index in [0.29, 0.717) is 22.0 Å². The number of nitrogens with zero attached hydrogens (tertiary/aromatic N) is 1. The van der Waals surface area contributed by atoms with Crippen molar-refractivity contribution in [1.82, 2.24) is 5.32 Å². The van der Waals surface area contributed by atoms with Crippen LogP contribution in [0.15, 0.2) is 23.8 Å². The third kappa shape index (κ3) is 4.23. The molecule has 0 bridgehead atoms. The van der Waals surface area contributed by atoms with Crippen LogP contribution in [0.25, 0.3) is 6.08 Å². The molecule has 0 saturated carbocycles. The molecular formula is C14H12Cl2N2O3S. The van der Waals surface area contributed by atoms with Gasteiger partial charge in [0.05, 0.1) is 21.6 Å². The zero-order valence-electron chi connectivity index (χ0n) is 11.3. The highest BCUT2D eigenvalue weighted by Crippen LogP contribution is 2.23. The number of amides is 1. The normalized spacial score (nSPS) is 20.4. The van der Waals surface area contributed by atoms with Crippen LogP contribution in [0.1, 0.15) is 12.0 Å². The predicted octanol–water partition coefficient (Wildman–Crippen LogP) is 2.20. The van der Waals surface area contributed by atoms with Crippen molar-refractivity contribution in [3.63, 3.8) is 0 Å². The van der Waals surface area contributed by atoms with Gasteiger partial charge in [-0.3, -0.25) is 4.79 Å². The Balaban J connectivity index is 2.14. The third-order valence-corrected chi connectivity index (χ3v) is 5.69. The highest BCUT2D eigenvalue weighted by atomic mass is 35.5. The molecule has 0 spiro atoms. The van der Waals surface area contributed by atoms with Crippen LogP contribution in [0, 0.1) is 11.3 Å². The molecule has 1 aliphatic heterocycles. The number of carbonyl (C=O) groups is 1. The van der Waals surface area contributed by atoms with E-state index in [2.05, 4.69) is 5.32 Å². The Morgan fingerprint density at radius 3 is 2.64 bits per heavy atom. The topological polar surface area (TPSA) is 87.0 Å². The Morgan fingerprint density at radius 2 is 2.09 bits per heavy atom. The molecule has 1 aromatic rings. The lowest BCUT2D eigenvalue weighted by Crippen LogP contribution is -2.36. The van der Waals surface area contributed by atoms with Crippen molar-refractivity contribution in [3.8, 4) is 6.07 Å². The lowest BCUT2D eigenvalue weighted by molar-refractivity contribution is -0.117. The van der Waals surface area contributed by atoms with Crippen molar-refractivity contribution < 1.29 is 13.2 Å². The summed E-state index contributed by atoms with van der Waals surface area (Å²) in [5.74, 6) is -0.642. The minimum absolute atomic E-state index is 0.0519. The number of hydrogen-bond acceptors (Lipinski definition) is 4. The largest absolute Gasteiger partial charge is 0.348 e. The number of hydrogen-bond donors (Lipinski definition) is 1. The molecule has 2 rings (SSSR count). The summed E-state index contributed by atoms with van der Waals surface area (Å²) < 4.78 is 22.7. The summed E-state index contributed by atoms with van der Waals surface area (Å²) in [5.41, 5.74) is 0.433. The number of halogens is 2. The van der Waals surface area contributed by atoms with Crippen LogP contribution in [-0.2, 0) is 14.6 Å². The van der Waals surface area contributed by atoms with Crippen molar-refractivity contribution >= 4 is 45.0 Å². The average Bonchev–Trinajstić information content (AvgIpc) is 2.79. The Bertz CT molecular complexity index is 782. The highest BCUT2D eigenvalue weighted by Gasteiger charge is 2.29. The minimum Gasteiger partial charge on any atom is -0.348 e. The first-order valence-corrected chi connectivity index (χ1v) is 8.96. The summed E-state index contributed by atoms with van der Waals surface area (Å²) in [5, 5.41) is 12.4. The molecule has 22 heavy (non-hydrogen) atoms. The standard InChI is InChI=1S/C14H12Cl2N2O3S/c15-12-2-1-9(6-13(12)16)5-10(7-17)14(19)18-11-3-4-22(20,21)8-11/h1-2,5-6,11H,3-4,8H2,(H,18,19)/b10-5+/t11-/m1/s1. The SMILES string of the molecule is N#C/C(=C\c1ccc(Cl)c(Cl)c1)C(=O)N[C@@H]1CCS(=O)(=O)C1. The Hall–Kier alpha value is -1.55. The van der Waals surface area contributed by atoms with Crippen molar-refractivity contribution in [3.05, 3.63) is 39.4 Å². The Kier molecular flexibility index (Phi) is 5.12. The number of sulfone groups is 1. The van der Waals surface area contributed by atoms with E-state index >= 15 is 0 Å². The number of nitrogens with one attached hydrogen (secondary N) is 1. The van der Waals surface area contributed by atoms with E-state index in [4.69, 9.17) is 28.5 Å². The Morgan fingerprint density at radius 1 is 1.36 bits per heavy atom. The summed E-state index contributed by atoms with van der Waals surface area (Å²) in [7, 11) is -3.09. The summed E-state index contributed by atoms with van der Waals surface area (Å²) in [6.45, 7) is 0. The molecule has 1 heterocycles. The molecule has 1 N–H and O–H groups in total. The van der Waals surface area contributed by atoms with Gasteiger partial charge in [0, 0.05) is 6.04 Å². The maximum atomic E-state index is 12.0. The van der Waals surface area contributed by atoms with E-state index in [0.717, 1.165) is 0 Å². The van der Waals surface area contributed by atoms with Gasteiger partial charge in [0.15, 0.2) is 9.84 Å². The maximum absolute atomic E-state index is 12.0. The molecule has 1 atom stereocenters. The zero-order chi connectivity index (χ0) is 16.3. The van der Waals surface area contributed by atoms with Crippen molar-refractivity contribution in [1.29, 1.82) is 5.26 Å². The Labute approximate surface area is 138 Å². The first-order chi connectivity index (χ1) is 10.3. The molecule has 8 heteroatoms. The second-order valence-electron chi connectivity index (χ2n) is 4.92. The first kappa shape index (κ1) is 16.8. The van der Waals surface area contributed by atoms with Gasteiger partial charge in [0.1, 0.15) is 11.6 Å². The van der Waals surface area contributed by atoms with Crippen LogP contribution < -0.4 is 5.32 Å². The zero-order valence-corrected chi connectivity index (χ0v) is 13.7. The van der Waals surface area contributed by atoms with Crippen LogP contribution in [0.2, 0.25) is 10.0 Å². The first-order valence-electron chi connectivity index (χ1n) is 6.39. The van der Waals surface area contributed by atoms with Gasteiger partial charge in [0.2, 0.25) is 0 Å². The third-order valence-electron chi connectivity index (χ3n) is 3.19. The fraction of sp³-hybridized carbons (Fsp3) is 0.286. The summed E-state index contributed by atoms with van der Waals surface area (Å²) >= 11 is 11.7. The van der Waals surface area contributed by atoms with Gasteiger partial charge in [-0.1, -0.05) is 29.3 Å². The van der Waals surface area contributed by atoms with Gasteiger partial charge in [-0.05, 0) is 30.2 Å². The van der Waals surface area contributed by atoms with E-state index < -0.39 is 21.8 Å². The maximum Gasteiger partial charge on any atom is 0.262 e. The van der Waals surface area contributed by atoms with E-state index in [1.807, 2.05) is 0 Å². The molecule has 1 amide bonds. The molecule has 0 unspecified atom stereocenters. The van der Waals surface area contributed by atoms with E-state index in [-0.39, 0.29) is 17.1 Å². The number of rotatable bonds is 3. The molecule has 5 nitrogen and oxygen atoms in total. The molecule has 116 valence electrons. The lowest BCUT2D eigenvalue weighted by Gasteiger charge is -2.10. The van der Waals surface area contributed by atoms with E-state index in [1.54, 1.807) is 18.2 Å². The van der Waals surface area contributed by atoms with E-state index in [9.17, 15) is 13.2 Å². The molecule has 1 aromatic carbocycles. The average molecular weight is 359 g/mol. The fourth-order valence-corrected chi connectivity index (χ4v) is 4.07. The molecule has 1 saturated heterocycles. The smallest absolute Gasteiger partial charge is 0.262 e. The fourth-order valence-electron chi connectivity index (χ4n) is 2.09. The van der Waals surface area contributed by atoms with Gasteiger partial charge in [-0.15, -0.1) is 0 Å². The minimum atomic E-state index is -3.09. The number of nitriles is 1. The van der Waals surface area contributed by atoms with Crippen molar-refractivity contribution in [2.75, 3.05) is 11.5 Å². The van der Waals surface area contributed by atoms with E-state index in [1.165, 1.54) is 12.1 Å². The summed E-state index contributed by atoms with van der Waals surface area (Å²) in [6, 6.07) is 6.07. The molecule has 0 aliphatic carbocycles. The molecule has 1 aliphatic rings. The number of carbonyl (C=O) groups excluding carboxylic acids is 1. The summed E-state index contributed by atoms with van der Waals surface area (Å²) in [4.78, 5) is 12.0. The number of benzene rings is 1. The highest BCUT2D eigenvalue weighted by molar-refractivity contribution is 7.91. The second-order valence-corrected chi connectivity index (χ2v) is 7.96. The van der Waals surface area contributed by atoms with Crippen LogP contribution in [0.3, 0.4) is 0 Å². The molecule has 0 aromatic heterocycles. The van der Waals surface area contributed by atoms with Crippen LogP contribution in [-0.4, -0.2) is 31.9 Å². The monoisotopic (exact) mass is 358 g/mol. The summed E-state index contributed by atoms with van der Waals surface area (Å²) in [6.07, 6.45) is 1.74. The van der Waals surface area contributed by atoms with Gasteiger partial charge < -0.3 is 5.32 Å². The van der Waals surface area contributed by atoms with Crippen molar-refractivity contribution in [2.45, 2.75) is 12.5 Å². The quantitative estimate of drug-likeness (QED) is 0.662. The van der Waals surface area contributed by atoms with Crippen LogP contribution in [0.4, 0.5) is 0 Å². The van der Waals surface area contributed by atoms with Crippen molar-refractivity contribution in [2.24, 2.45) is 0 Å². The van der Waals surface area contributed by atoms with Gasteiger partial charge in [0.25, 0.3) is 5.91 Å². The molecule has 0 radical (unpaired) electrons. The van der Waals surface area contributed by atoms with Crippen LogP contribution >= 0.6 is 23.2 Å². The van der Waals surface area contributed by atoms with Gasteiger partial charge in [-0.25, -0.2) is 8.42 Å². The van der Waals surface area contributed by atoms with Gasteiger partial charge in [-0.2, -0.15) is 5.26 Å². The van der Waals surface area contributed by atoms with Crippen LogP contribution in [0.5, 0.6) is 0 Å². The second kappa shape index (κ2) is 6.69. The molecule has 1 fully saturated rings. The predicted molar refractivity (Wildman–Crippen MR) is 85.3 cm³/mol. The van der Waals surface area contributed by atoms with Gasteiger partial charge >= 0.3 is 0 Å². The molecular weight excluding hydrogens is 347 g/mol.